The zero-order chi connectivity index (χ0) is 17.1. The Morgan fingerprint density at radius 1 is 0.885 bits per heavy atom. The number of hydrogen-bond acceptors (Lipinski definition) is 4. The summed E-state index contributed by atoms with van der Waals surface area (Å²) in [5.74, 6) is 1.30. The van der Waals surface area contributed by atoms with E-state index in [2.05, 4.69) is 63.3 Å². The van der Waals surface area contributed by atoms with E-state index in [1.54, 1.807) is 0 Å². The standard InChI is InChI=1S/C22H26N4/c1-2-6-19-15(4-1)16-9-11-26(13-21(16)24-19)14-7-8-20-18(12-14)17-5-3-10-23-22(17)25-20/h1-2,4,6-8,12,16-17,21-25H,3,5,9-11,13H2. The van der Waals surface area contributed by atoms with Gasteiger partial charge in [-0.2, -0.15) is 0 Å². The molecule has 3 N–H and O–H groups in total. The highest BCUT2D eigenvalue weighted by Crippen LogP contribution is 2.44. The quantitative estimate of drug-likeness (QED) is 0.736. The molecule has 4 unspecified atom stereocenters. The van der Waals surface area contributed by atoms with E-state index in [0.717, 1.165) is 19.6 Å². The molecule has 0 radical (unpaired) electrons. The maximum atomic E-state index is 3.77. The first-order valence-corrected chi connectivity index (χ1v) is 10.1. The fraction of sp³-hybridized carbons (Fsp3) is 0.455. The first kappa shape index (κ1) is 14.9. The maximum absolute atomic E-state index is 3.77. The van der Waals surface area contributed by atoms with Crippen molar-refractivity contribution in [2.24, 2.45) is 0 Å². The lowest BCUT2D eigenvalue weighted by molar-refractivity contribution is 0.396. The van der Waals surface area contributed by atoms with Crippen molar-refractivity contribution < 1.29 is 0 Å². The highest BCUT2D eigenvalue weighted by molar-refractivity contribution is 5.67. The molecule has 0 spiro atoms. The molecule has 2 saturated heterocycles. The molecule has 4 heterocycles. The lowest BCUT2D eigenvalue weighted by atomic mass is 9.87. The molecule has 134 valence electrons. The lowest BCUT2D eigenvalue weighted by Gasteiger charge is -2.37. The van der Waals surface area contributed by atoms with Gasteiger partial charge in [0.15, 0.2) is 0 Å². The van der Waals surface area contributed by atoms with Crippen molar-refractivity contribution in [2.75, 3.05) is 35.2 Å². The molecule has 0 saturated carbocycles. The van der Waals surface area contributed by atoms with Crippen LogP contribution in [0, 0.1) is 0 Å². The Labute approximate surface area is 155 Å². The van der Waals surface area contributed by atoms with Gasteiger partial charge in [-0.3, -0.25) is 5.32 Å². The number of hydrogen-bond donors (Lipinski definition) is 3. The Morgan fingerprint density at radius 3 is 2.81 bits per heavy atom. The number of benzene rings is 2. The second-order valence-electron chi connectivity index (χ2n) is 8.28. The van der Waals surface area contributed by atoms with Crippen LogP contribution < -0.4 is 20.9 Å². The summed E-state index contributed by atoms with van der Waals surface area (Å²) in [7, 11) is 0. The molecule has 0 amide bonds. The molecule has 4 nitrogen and oxygen atoms in total. The second kappa shape index (κ2) is 5.65. The van der Waals surface area contributed by atoms with Crippen molar-refractivity contribution in [3.63, 3.8) is 0 Å². The summed E-state index contributed by atoms with van der Waals surface area (Å²) in [5.41, 5.74) is 7.11. The van der Waals surface area contributed by atoms with Crippen LogP contribution >= 0.6 is 0 Å². The van der Waals surface area contributed by atoms with Gasteiger partial charge in [-0.1, -0.05) is 18.2 Å². The Balaban J connectivity index is 1.26. The van der Waals surface area contributed by atoms with Gasteiger partial charge in [0.25, 0.3) is 0 Å². The van der Waals surface area contributed by atoms with Gasteiger partial charge in [-0.05, 0) is 61.2 Å². The molecule has 2 aromatic carbocycles. The summed E-state index contributed by atoms with van der Waals surface area (Å²) in [5, 5.41) is 11.1. The zero-order valence-electron chi connectivity index (χ0n) is 15.0. The van der Waals surface area contributed by atoms with E-state index < -0.39 is 0 Å². The molecule has 0 aliphatic carbocycles. The number of para-hydroxylation sites is 1. The minimum Gasteiger partial charge on any atom is -0.380 e. The molecular formula is C22H26N4. The molecule has 4 heteroatoms. The average molecular weight is 346 g/mol. The van der Waals surface area contributed by atoms with Crippen molar-refractivity contribution in [2.45, 2.75) is 43.3 Å². The van der Waals surface area contributed by atoms with Crippen LogP contribution in [0.25, 0.3) is 0 Å². The zero-order valence-corrected chi connectivity index (χ0v) is 15.0. The largest absolute Gasteiger partial charge is 0.380 e. The normalized spacial score (nSPS) is 31.3. The molecule has 2 aromatic rings. The SMILES string of the molecule is c1ccc2c(c1)NC1CN(c3ccc4c(c3)C3CCCNC3N4)CCC21. The smallest absolute Gasteiger partial charge is 0.0838 e. The van der Waals surface area contributed by atoms with Gasteiger partial charge in [-0.15, -0.1) is 0 Å². The van der Waals surface area contributed by atoms with E-state index >= 15 is 0 Å². The van der Waals surface area contributed by atoms with Crippen LogP contribution in [0.3, 0.4) is 0 Å². The Morgan fingerprint density at radius 2 is 1.81 bits per heavy atom. The molecule has 2 fully saturated rings. The van der Waals surface area contributed by atoms with E-state index in [-0.39, 0.29) is 0 Å². The minimum absolute atomic E-state index is 0.436. The van der Waals surface area contributed by atoms with Gasteiger partial charge < -0.3 is 15.5 Å². The van der Waals surface area contributed by atoms with E-state index in [0.29, 0.717) is 24.0 Å². The Kier molecular flexibility index (Phi) is 3.24. The van der Waals surface area contributed by atoms with Crippen LogP contribution in [0.1, 0.15) is 42.2 Å². The number of piperidine rings is 2. The van der Waals surface area contributed by atoms with E-state index in [9.17, 15) is 0 Å². The Hall–Kier alpha value is -2.20. The summed E-state index contributed by atoms with van der Waals surface area (Å²) in [6.45, 7) is 3.38. The fourth-order valence-corrected chi connectivity index (χ4v) is 5.58. The third-order valence-electron chi connectivity index (χ3n) is 6.88. The van der Waals surface area contributed by atoms with Crippen molar-refractivity contribution >= 4 is 17.1 Å². The maximum Gasteiger partial charge on any atom is 0.0838 e. The topological polar surface area (TPSA) is 39.3 Å². The molecule has 4 aliphatic rings. The highest BCUT2D eigenvalue weighted by Gasteiger charge is 2.38. The number of rotatable bonds is 1. The van der Waals surface area contributed by atoms with Crippen molar-refractivity contribution in [1.29, 1.82) is 0 Å². The van der Waals surface area contributed by atoms with Crippen LogP contribution in [0.15, 0.2) is 42.5 Å². The van der Waals surface area contributed by atoms with E-state index in [1.807, 2.05) is 0 Å². The van der Waals surface area contributed by atoms with E-state index in [1.165, 1.54) is 47.5 Å². The summed E-state index contributed by atoms with van der Waals surface area (Å²) < 4.78 is 0. The van der Waals surface area contributed by atoms with Crippen LogP contribution in [0.4, 0.5) is 17.1 Å². The average Bonchev–Trinajstić information content (AvgIpc) is 3.25. The van der Waals surface area contributed by atoms with Gasteiger partial charge >= 0.3 is 0 Å². The summed E-state index contributed by atoms with van der Waals surface area (Å²) in [6.07, 6.45) is 4.24. The van der Waals surface area contributed by atoms with Crippen molar-refractivity contribution in [3.05, 3.63) is 53.6 Å². The monoisotopic (exact) mass is 346 g/mol. The third-order valence-corrected chi connectivity index (χ3v) is 6.88. The summed E-state index contributed by atoms with van der Waals surface area (Å²) >= 11 is 0. The molecular weight excluding hydrogens is 320 g/mol. The first-order chi connectivity index (χ1) is 12.9. The van der Waals surface area contributed by atoms with Gasteiger partial charge in [0.2, 0.25) is 0 Å². The van der Waals surface area contributed by atoms with Gasteiger partial charge in [0.05, 0.1) is 12.2 Å². The highest BCUT2D eigenvalue weighted by atomic mass is 15.2. The molecule has 0 bridgehead atoms. The summed E-state index contributed by atoms with van der Waals surface area (Å²) in [4.78, 5) is 2.59. The lowest BCUT2D eigenvalue weighted by Crippen LogP contribution is -2.44. The van der Waals surface area contributed by atoms with Crippen LogP contribution in [0.2, 0.25) is 0 Å². The van der Waals surface area contributed by atoms with Gasteiger partial charge in [-0.25, -0.2) is 0 Å². The number of nitrogens with zero attached hydrogens (tertiary/aromatic N) is 1. The number of fused-ring (bicyclic) bond motifs is 6. The first-order valence-electron chi connectivity index (χ1n) is 10.1. The fourth-order valence-electron chi connectivity index (χ4n) is 5.58. The molecule has 4 aliphatic heterocycles. The van der Waals surface area contributed by atoms with Crippen molar-refractivity contribution in [3.8, 4) is 0 Å². The predicted octanol–water partition coefficient (Wildman–Crippen LogP) is 3.69. The number of anilines is 3. The van der Waals surface area contributed by atoms with Crippen LogP contribution in [-0.2, 0) is 0 Å². The Bertz CT molecular complexity index is 848. The van der Waals surface area contributed by atoms with Gasteiger partial charge in [0, 0.05) is 42.0 Å². The molecule has 4 atom stereocenters. The third kappa shape index (κ3) is 2.18. The minimum atomic E-state index is 0.436. The molecule has 26 heavy (non-hydrogen) atoms. The molecule has 6 rings (SSSR count). The van der Waals surface area contributed by atoms with Gasteiger partial charge in [0.1, 0.15) is 0 Å². The van der Waals surface area contributed by atoms with Crippen molar-refractivity contribution in [1.82, 2.24) is 5.32 Å². The van der Waals surface area contributed by atoms with E-state index in [4.69, 9.17) is 0 Å². The van der Waals surface area contributed by atoms with Crippen LogP contribution in [-0.4, -0.2) is 31.8 Å². The predicted molar refractivity (Wildman–Crippen MR) is 107 cm³/mol. The number of nitrogens with one attached hydrogen (secondary N) is 3. The summed E-state index contributed by atoms with van der Waals surface area (Å²) in [6, 6.07) is 16.5. The van der Waals surface area contributed by atoms with Crippen LogP contribution in [0.5, 0.6) is 0 Å². The second-order valence-corrected chi connectivity index (χ2v) is 8.28. The molecule has 0 aromatic heterocycles.